The first-order valence-corrected chi connectivity index (χ1v) is 9.36. The van der Waals surface area contributed by atoms with Gasteiger partial charge in [0.2, 0.25) is 5.91 Å². The second-order valence-corrected chi connectivity index (χ2v) is 7.17. The lowest BCUT2D eigenvalue weighted by Gasteiger charge is -2.35. The van der Waals surface area contributed by atoms with Gasteiger partial charge in [-0.05, 0) is 37.8 Å². The molecule has 1 N–H and O–H groups in total. The molecule has 1 atom stereocenters. The van der Waals surface area contributed by atoms with E-state index in [0.29, 0.717) is 6.04 Å². The Kier molecular flexibility index (Phi) is 5.39. The minimum absolute atomic E-state index is 0.109. The fourth-order valence-electron chi connectivity index (χ4n) is 4.07. The molecule has 0 aromatic carbocycles. The van der Waals surface area contributed by atoms with Crippen LogP contribution in [0.2, 0.25) is 0 Å². The van der Waals surface area contributed by atoms with E-state index in [4.69, 9.17) is 0 Å². The van der Waals surface area contributed by atoms with Gasteiger partial charge in [-0.1, -0.05) is 19.9 Å². The smallest absolute Gasteiger partial charge is 0.226 e. The summed E-state index contributed by atoms with van der Waals surface area (Å²) in [6.45, 7) is 9.56. The van der Waals surface area contributed by atoms with Gasteiger partial charge in [0.25, 0.3) is 0 Å². The quantitative estimate of drug-likeness (QED) is 0.869. The average molecular weight is 330 g/mol. The van der Waals surface area contributed by atoms with Crippen LogP contribution in [0, 0.1) is 5.41 Å². The number of rotatable bonds is 6. The molecule has 5 heteroatoms. The summed E-state index contributed by atoms with van der Waals surface area (Å²) in [7, 11) is 0. The molecule has 1 amide bonds. The number of carbonyl (C=O) groups is 1. The molecule has 2 fully saturated rings. The van der Waals surface area contributed by atoms with Gasteiger partial charge < -0.3 is 10.2 Å². The Morgan fingerprint density at radius 2 is 1.96 bits per heavy atom. The van der Waals surface area contributed by atoms with Crippen LogP contribution in [-0.4, -0.2) is 54.6 Å². The van der Waals surface area contributed by atoms with Gasteiger partial charge in [0.15, 0.2) is 0 Å². The minimum atomic E-state index is -0.109. The molecule has 2 aliphatic rings. The van der Waals surface area contributed by atoms with Crippen molar-refractivity contribution in [1.29, 1.82) is 0 Å². The Morgan fingerprint density at radius 3 is 2.54 bits per heavy atom. The summed E-state index contributed by atoms with van der Waals surface area (Å²) in [4.78, 5) is 21.6. The molecule has 5 nitrogen and oxygen atoms in total. The number of carbonyl (C=O) groups excluding carboxylic acids is 1. The Bertz CT molecular complexity index is 536. The van der Waals surface area contributed by atoms with Gasteiger partial charge in [0, 0.05) is 45.0 Å². The molecule has 0 saturated carbocycles. The fraction of sp³-hybridized carbons (Fsp3) is 0.684. The topological polar surface area (TPSA) is 48.5 Å². The highest BCUT2D eigenvalue weighted by atomic mass is 16.2. The number of piperazine rings is 1. The second-order valence-electron chi connectivity index (χ2n) is 7.17. The maximum Gasteiger partial charge on any atom is 0.226 e. The van der Waals surface area contributed by atoms with Crippen LogP contribution in [0.3, 0.4) is 0 Å². The number of aromatic nitrogens is 1. The van der Waals surface area contributed by atoms with Crippen molar-refractivity contribution in [1.82, 2.24) is 15.2 Å². The van der Waals surface area contributed by atoms with Gasteiger partial charge in [-0.2, -0.15) is 0 Å². The van der Waals surface area contributed by atoms with E-state index < -0.39 is 0 Å². The first-order chi connectivity index (χ1) is 11.7. The zero-order valence-corrected chi connectivity index (χ0v) is 15.0. The molecule has 0 radical (unpaired) electrons. The van der Waals surface area contributed by atoms with Crippen molar-refractivity contribution in [2.45, 2.75) is 45.6 Å². The molecule has 132 valence electrons. The van der Waals surface area contributed by atoms with Gasteiger partial charge in [-0.3, -0.25) is 9.69 Å². The van der Waals surface area contributed by atoms with Crippen LogP contribution in [0.4, 0.5) is 5.82 Å². The molecule has 1 aromatic rings. The SMILES string of the molecule is CCC1(CC)C[C@H](CCN2CCN(c3ccccn3)CC2)NC1=O. The normalized spacial score (nSPS) is 24.2. The summed E-state index contributed by atoms with van der Waals surface area (Å²) < 4.78 is 0. The fourth-order valence-corrected chi connectivity index (χ4v) is 4.07. The van der Waals surface area contributed by atoms with Crippen LogP contribution in [0.15, 0.2) is 24.4 Å². The number of pyridine rings is 1. The molecule has 3 heterocycles. The number of anilines is 1. The highest BCUT2D eigenvalue weighted by molar-refractivity contribution is 5.85. The predicted molar refractivity (Wildman–Crippen MR) is 97.1 cm³/mol. The van der Waals surface area contributed by atoms with Crippen molar-refractivity contribution in [3.05, 3.63) is 24.4 Å². The largest absolute Gasteiger partial charge is 0.354 e. The van der Waals surface area contributed by atoms with Crippen molar-refractivity contribution < 1.29 is 4.79 Å². The molecular formula is C19H30N4O. The third-order valence-corrected chi connectivity index (χ3v) is 5.95. The van der Waals surface area contributed by atoms with Gasteiger partial charge >= 0.3 is 0 Å². The maximum atomic E-state index is 12.3. The van der Waals surface area contributed by atoms with E-state index in [-0.39, 0.29) is 11.3 Å². The highest BCUT2D eigenvalue weighted by Crippen LogP contribution is 2.37. The third-order valence-electron chi connectivity index (χ3n) is 5.95. The van der Waals surface area contributed by atoms with Crippen molar-refractivity contribution in [3.63, 3.8) is 0 Å². The van der Waals surface area contributed by atoms with Gasteiger partial charge in [0.1, 0.15) is 5.82 Å². The Labute approximate surface area is 145 Å². The number of nitrogens with one attached hydrogen (secondary N) is 1. The average Bonchev–Trinajstić information content (AvgIpc) is 2.97. The monoisotopic (exact) mass is 330 g/mol. The van der Waals surface area contributed by atoms with Crippen molar-refractivity contribution in [2.75, 3.05) is 37.6 Å². The first kappa shape index (κ1) is 17.2. The summed E-state index contributed by atoms with van der Waals surface area (Å²) in [5.74, 6) is 1.35. The molecule has 0 aliphatic carbocycles. The predicted octanol–water partition coefficient (Wildman–Crippen LogP) is 2.29. The van der Waals surface area contributed by atoms with Crippen LogP contribution in [-0.2, 0) is 4.79 Å². The van der Waals surface area contributed by atoms with E-state index in [1.54, 1.807) is 0 Å². The number of hydrogen-bond donors (Lipinski definition) is 1. The van der Waals surface area contributed by atoms with Gasteiger partial charge in [-0.15, -0.1) is 0 Å². The van der Waals surface area contributed by atoms with Gasteiger partial charge in [-0.25, -0.2) is 4.98 Å². The van der Waals surface area contributed by atoms with Crippen LogP contribution in [0.5, 0.6) is 0 Å². The third kappa shape index (κ3) is 3.56. The first-order valence-electron chi connectivity index (χ1n) is 9.36. The van der Waals surface area contributed by atoms with Crippen molar-refractivity contribution in [3.8, 4) is 0 Å². The lowest BCUT2D eigenvalue weighted by atomic mass is 9.79. The summed E-state index contributed by atoms with van der Waals surface area (Å²) in [6, 6.07) is 6.44. The van der Waals surface area contributed by atoms with Crippen LogP contribution in [0.25, 0.3) is 0 Å². The molecule has 2 aliphatic heterocycles. The molecule has 3 rings (SSSR count). The second kappa shape index (κ2) is 7.51. The molecule has 0 bridgehead atoms. The summed E-state index contributed by atoms with van der Waals surface area (Å²) >= 11 is 0. The molecule has 0 unspecified atom stereocenters. The van der Waals surface area contributed by atoms with E-state index >= 15 is 0 Å². The lowest BCUT2D eigenvalue weighted by molar-refractivity contribution is -0.128. The van der Waals surface area contributed by atoms with E-state index in [1.807, 2.05) is 18.3 Å². The zero-order valence-electron chi connectivity index (χ0n) is 15.0. The number of amides is 1. The minimum Gasteiger partial charge on any atom is -0.354 e. The van der Waals surface area contributed by atoms with E-state index in [9.17, 15) is 4.79 Å². The summed E-state index contributed by atoms with van der Waals surface area (Å²) in [5, 5.41) is 3.23. The van der Waals surface area contributed by atoms with Crippen LogP contribution < -0.4 is 10.2 Å². The standard InChI is InChI=1S/C19H30N4O/c1-3-19(4-2)15-16(21-18(19)24)8-10-22-11-13-23(14-12-22)17-7-5-6-9-20-17/h5-7,9,16H,3-4,8,10-15H2,1-2H3,(H,21,24)/t16-/m0/s1. The Hall–Kier alpha value is -1.62. The molecule has 0 spiro atoms. The van der Waals surface area contributed by atoms with Crippen LogP contribution in [0.1, 0.15) is 39.5 Å². The summed E-state index contributed by atoms with van der Waals surface area (Å²) in [5.41, 5.74) is -0.109. The Morgan fingerprint density at radius 1 is 1.21 bits per heavy atom. The number of hydrogen-bond acceptors (Lipinski definition) is 4. The Balaban J connectivity index is 1.44. The summed E-state index contributed by atoms with van der Waals surface area (Å²) in [6.07, 6.45) is 5.84. The highest BCUT2D eigenvalue weighted by Gasteiger charge is 2.43. The van der Waals surface area contributed by atoms with E-state index in [2.05, 4.69) is 40.0 Å². The van der Waals surface area contributed by atoms with E-state index in [1.165, 1.54) is 0 Å². The van der Waals surface area contributed by atoms with Crippen LogP contribution >= 0.6 is 0 Å². The van der Waals surface area contributed by atoms with Crippen molar-refractivity contribution >= 4 is 11.7 Å². The molecular weight excluding hydrogens is 300 g/mol. The molecule has 2 saturated heterocycles. The number of nitrogens with zero attached hydrogens (tertiary/aromatic N) is 3. The zero-order chi connectivity index (χ0) is 17.0. The lowest BCUT2D eigenvalue weighted by Crippen LogP contribution is -2.47. The maximum absolute atomic E-state index is 12.3. The van der Waals surface area contributed by atoms with Crippen molar-refractivity contribution in [2.24, 2.45) is 5.41 Å². The molecule has 24 heavy (non-hydrogen) atoms. The van der Waals surface area contributed by atoms with E-state index in [0.717, 1.165) is 64.2 Å². The van der Waals surface area contributed by atoms with Gasteiger partial charge in [0.05, 0.1) is 5.41 Å². The molecule has 1 aromatic heterocycles.